The van der Waals surface area contributed by atoms with E-state index in [9.17, 15) is 4.79 Å². The molecule has 0 saturated heterocycles. The quantitative estimate of drug-likeness (QED) is 0.655. The van der Waals surface area contributed by atoms with Gasteiger partial charge in [0.2, 0.25) is 5.91 Å². The van der Waals surface area contributed by atoms with Crippen molar-refractivity contribution in [2.75, 3.05) is 0 Å². The minimum Gasteiger partial charge on any atom is -0.353 e. The van der Waals surface area contributed by atoms with E-state index >= 15 is 0 Å². The summed E-state index contributed by atoms with van der Waals surface area (Å²) in [6.07, 6.45) is 19.4. The lowest BCUT2D eigenvalue weighted by molar-refractivity contribution is -0.167. The summed E-state index contributed by atoms with van der Waals surface area (Å²) in [5.74, 6) is 0.997. The van der Waals surface area contributed by atoms with E-state index in [1.807, 2.05) is 6.92 Å². The van der Waals surface area contributed by atoms with Crippen LogP contribution >= 0.6 is 0 Å². The third kappa shape index (κ3) is 3.51. The van der Waals surface area contributed by atoms with E-state index in [1.165, 1.54) is 24.8 Å². The first-order chi connectivity index (χ1) is 13.3. The second-order valence-electron chi connectivity index (χ2n) is 10.9. The summed E-state index contributed by atoms with van der Waals surface area (Å²) in [7, 11) is 0. The highest BCUT2D eigenvalue weighted by atomic mass is 16.2. The Labute approximate surface area is 170 Å². The molecule has 0 aromatic heterocycles. The summed E-state index contributed by atoms with van der Waals surface area (Å²) in [4.78, 5) is 13.6. The minimum absolute atomic E-state index is 0.110. The van der Waals surface area contributed by atoms with E-state index < -0.39 is 0 Å². The molecule has 5 rings (SSSR count). The first kappa shape index (κ1) is 19.9. The van der Waals surface area contributed by atoms with Gasteiger partial charge in [-0.2, -0.15) is 0 Å². The first-order valence-corrected chi connectivity index (χ1v) is 11.3. The zero-order valence-corrected chi connectivity index (χ0v) is 17.8. The fraction of sp³-hybridized carbons (Fsp3) is 0.720. The van der Waals surface area contributed by atoms with Crippen molar-refractivity contribution in [2.24, 2.45) is 27.9 Å². The number of allylic oxidation sites excluding steroid dienone is 5. The van der Waals surface area contributed by atoms with Gasteiger partial charge in [0.25, 0.3) is 0 Å². The van der Waals surface area contributed by atoms with Crippen LogP contribution in [0.25, 0.3) is 0 Å². The largest absolute Gasteiger partial charge is 0.353 e. The molecule has 5 aliphatic carbocycles. The fourth-order valence-electron chi connectivity index (χ4n) is 7.59. The highest BCUT2D eigenvalue weighted by Gasteiger charge is 2.64. The van der Waals surface area contributed by atoms with Gasteiger partial charge in [0.1, 0.15) is 0 Å². The second-order valence-corrected chi connectivity index (χ2v) is 10.9. The average Bonchev–Trinajstić information content (AvgIpc) is 2.61. The summed E-state index contributed by atoms with van der Waals surface area (Å²) in [6.45, 7) is 8.96. The number of hydrogen-bond acceptors (Lipinski definition) is 2. The molecule has 2 unspecified atom stereocenters. The number of carbonyl (C=O) groups is 1. The molecule has 0 aromatic carbocycles. The summed E-state index contributed by atoms with van der Waals surface area (Å²) in [5.41, 5.74) is 7.50. The Morgan fingerprint density at radius 1 is 1.04 bits per heavy atom. The lowest BCUT2D eigenvalue weighted by Crippen LogP contribution is -2.61. The van der Waals surface area contributed by atoms with Crippen LogP contribution in [-0.2, 0) is 4.79 Å². The van der Waals surface area contributed by atoms with Crippen molar-refractivity contribution in [3.63, 3.8) is 0 Å². The summed E-state index contributed by atoms with van der Waals surface area (Å²) in [5, 5.41) is 3.47. The van der Waals surface area contributed by atoms with E-state index in [2.05, 4.69) is 43.1 Å². The SMILES string of the molecule is C=C(/C=C\C=C/C)[C@]12CC3CC(C(=O)NC4CCC(N)CC4)(C[C@](C)(C3)C1)C2. The Morgan fingerprint density at radius 2 is 1.71 bits per heavy atom. The number of carbonyl (C=O) groups excluding carboxylic acids is 1. The van der Waals surface area contributed by atoms with Crippen molar-refractivity contribution in [3.8, 4) is 0 Å². The number of amides is 1. The van der Waals surface area contributed by atoms with Crippen molar-refractivity contribution >= 4 is 5.91 Å². The van der Waals surface area contributed by atoms with Crippen molar-refractivity contribution in [2.45, 2.75) is 90.1 Å². The van der Waals surface area contributed by atoms with Crippen LogP contribution in [0, 0.1) is 22.2 Å². The maximum atomic E-state index is 13.6. The molecule has 0 radical (unpaired) electrons. The maximum Gasteiger partial charge on any atom is 0.226 e. The molecule has 3 heteroatoms. The Hall–Kier alpha value is -1.35. The molecular weight excluding hydrogens is 344 g/mol. The average molecular weight is 383 g/mol. The first-order valence-electron chi connectivity index (χ1n) is 11.3. The van der Waals surface area contributed by atoms with Gasteiger partial charge in [-0.25, -0.2) is 0 Å². The smallest absolute Gasteiger partial charge is 0.226 e. The zero-order valence-electron chi connectivity index (χ0n) is 17.8. The Bertz CT molecular complexity index is 701. The maximum absolute atomic E-state index is 13.6. The molecule has 3 nitrogen and oxygen atoms in total. The molecule has 0 heterocycles. The van der Waals surface area contributed by atoms with Crippen molar-refractivity contribution in [3.05, 3.63) is 36.5 Å². The molecular formula is C25H38N2O. The highest BCUT2D eigenvalue weighted by Crippen LogP contribution is 2.71. The molecule has 5 saturated carbocycles. The van der Waals surface area contributed by atoms with Crippen LogP contribution in [0.3, 0.4) is 0 Å². The Kier molecular flexibility index (Phi) is 5.10. The molecule has 3 N–H and O–H groups in total. The normalized spacial score (nSPS) is 45.0. The van der Waals surface area contributed by atoms with Gasteiger partial charge in [-0.05, 0) is 93.5 Å². The molecule has 4 bridgehead atoms. The van der Waals surface area contributed by atoms with Crippen LogP contribution in [0.2, 0.25) is 0 Å². The molecule has 0 aliphatic heterocycles. The van der Waals surface area contributed by atoms with Crippen LogP contribution in [0.4, 0.5) is 0 Å². The Morgan fingerprint density at radius 3 is 2.39 bits per heavy atom. The van der Waals surface area contributed by atoms with Gasteiger partial charge in [0, 0.05) is 12.1 Å². The van der Waals surface area contributed by atoms with Crippen molar-refractivity contribution in [1.29, 1.82) is 0 Å². The van der Waals surface area contributed by atoms with Gasteiger partial charge < -0.3 is 11.1 Å². The molecule has 28 heavy (non-hydrogen) atoms. The van der Waals surface area contributed by atoms with Gasteiger partial charge in [0.15, 0.2) is 0 Å². The molecule has 5 fully saturated rings. The predicted octanol–water partition coefficient (Wildman–Crippen LogP) is 5.04. The molecule has 1 amide bonds. The number of nitrogens with two attached hydrogens (primary N) is 1. The van der Waals surface area contributed by atoms with Crippen LogP contribution in [0.1, 0.15) is 78.1 Å². The third-order valence-electron chi connectivity index (χ3n) is 8.22. The van der Waals surface area contributed by atoms with E-state index in [1.54, 1.807) is 0 Å². The van der Waals surface area contributed by atoms with E-state index in [4.69, 9.17) is 5.73 Å². The summed E-state index contributed by atoms with van der Waals surface area (Å²) in [6, 6.07) is 0.643. The lowest BCUT2D eigenvalue weighted by Gasteiger charge is -2.65. The highest BCUT2D eigenvalue weighted by molar-refractivity contribution is 5.84. The predicted molar refractivity (Wildman–Crippen MR) is 116 cm³/mol. The van der Waals surface area contributed by atoms with Crippen LogP contribution < -0.4 is 11.1 Å². The van der Waals surface area contributed by atoms with Crippen LogP contribution in [0.15, 0.2) is 36.5 Å². The standard InChI is InChI=1S/C25H38N2O/c1-4-5-6-7-18(2)24-13-19-12-23(3,15-24)16-25(14-19,17-24)22(28)27-21-10-8-20(26)9-11-21/h4-7,19-21H,2,8-17,26H2,1,3H3,(H,27,28)/b5-4-,7-6-/t19?,20?,21?,23-,24-,25?/m1/s1. The van der Waals surface area contributed by atoms with Gasteiger partial charge in [-0.15, -0.1) is 0 Å². The van der Waals surface area contributed by atoms with E-state index in [0.29, 0.717) is 23.9 Å². The minimum atomic E-state index is -0.189. The van der Waals surface area contributed by atoms with E-state index in [0.717, 1.165) is 44.9 Å². The fourth-order valence-corrected chi connectivity index (χ4v) is 7.59. The molecule has 154 valence electrons. The van der Waals surface area contributed by atoms with Crippen molar-refractivity contribution < 1.29 is 4.79 Å². The number of hydrogen-bond donors (Lipinski definition) is 2. The lowest BCUT2D eigenvalue weighted by atomic mass is 9.38. The van der Waals surface area contributed by atoms with Gasteiger partial charge >= 0.3 is 0 Å². The summed E-state index contributed by atoms with van der Waals surface area (Å²) < 4.78 is 0. The van der Waals surface area contributed by atoms with Gasteiger partial charge in [-0.1, -0.05) is 37.8 Å². The molecule has 5 aliphatic rings. The van der Waals surface area contributed by atoms with Gasteiger partial charge in [0.05, 0.1) is 5.41 Å². The van der Waals surface area contributed by atoms with Crippen LogP contribution in [-0.4, -0.2) is 18.0 Å². The molecule has 4 atom stereocenters. The molecule has 0 aromatic rings. The molecule has 0 spiro atoms. The number of rotatable bonds is 5. The number of nitrogens with one attached hydrogen (secondary N) is 1. The van der Waals surface area contributed by atoms with E-state index in [-0.39, 0.29) is 16.2 Å². The second kappa shape index (κ2) is 7.16. The Balaban J connectivity index is 1.56. The third-order valence-corrected chi connectivity index (χ3v) is 8.22. The van der Waals surface area contributed by atoms with Gasteiger partial charge in [-0.3, -0.25) is 4.79 Å². The zero-order chi connectivity index (χ0) is 20.0. The summed E-state index contributed by atoms with van der Waals surface area (Å²) >= 11 is 0. The van der Waals surface area contributed by atoms with Crippen LogP contribution in [0.5, 0.6) is 0 Å². The topological polar surface area (TPSA) is 55.1 Å². The monoisotopic (exact) mass is 382 g/mol. The van der Waals surface area contributed by atoms with Crippen molar-refractivity contribution in [1.82, 2.24) is 5.32 Å².